The van der Waals surface area contributed by atoms with Gasteiger partial charge in [-0.15, -0.1) is 0 Å². The Bertz CT molecular complexity index is 532. The highest BCUT2D eigenvalue weighted by Gasteiger charge is 2.30. The first-order chi connectivity index (χ1) is 10.2. The topological polar surface area (TPSA) is 78.4 Å². The lowest BCUT2D eigenvalue weighted by molar-refractivity contribution is -0.137. The Hall–Kier alpha value is -2.09. The third-order valence-corrected chi connectivity index (χ3v) is 2.77. The maximum atomic E-state index is 12.5. The molecule has 0 heterocycles. The van der Waals surface area contributed by atoms with Crippen LogP contribution in [0.1, 0.15) is 25.3 Å². The molecule has 0 saturated heterocycles. The maximum Gasteiger partial charge on any atom is 0.416 e. The van der Waals surface area contributed by atoms with Gasteiger partial charge in [-0.2, -0.15) is 13.2 Å². The molecular weight excluding hydrogens is 301 g/mol. The molecule has 1 rings (SSSR count). The zero-order valence-electron chi connectivity index (χ0n) is 11.9. The number of alkyl halides is 3. The van der Waals surface area contributed by atoms with E-state index in [0.29, 0.717) is 12.8 Å². The summed E-state index contributed by atoms with van der Waals surface area (Å²) < 4.78 is 37.6. The van der Waals surface area contributed by atoms with Gasteiger partial charge in [0.15, 0.2) is 0 Å². The van der Waals surface area contributed by atoms with E-state index in [-0.39, 0.29) is 12.2 Å². The van der Waals surface area contributed by atoms with E-state index in [0.717, 1.165) is 18.2 Å². The van der Waals surface area contributed by atoms with Crippen molar-refractivity contribution < 1.29 is 27.9 Å². The molecule has 1 unspecified atom stereocenters. The molecule has 0 aliphatic carbocycles. The highest BCUT2D eigenvalue weighted by Crippen LogP contribution is 2.30. The van der Waals surface area contributed by atoms with Gasteiger partial charge in [-0.05, 0) is 24.6 Å². The summed E-state index contributed by atoms with van der Waals surface area (Å²) in [6.45, 7) is 1.76. The van der Waals surface area contributed by atoms with Crippen LogP contribution in [-0.4, -0.2) is 29.6 Å². The molecule has 0 bridgehead atoms. The first-order valence-corrected chi connectivity index (χ1v) is 6.68. The van der Waals surface area contributed by atoms with Gasteiger partial charge in [-0.3, -0.25) is 9.59 Å². The number of carbonyl (C=O) groups excluding carboxylic acids is 2. The number of amides is 2. The van der Waals surface area contributed by atoms with Crippen molar-refractivity contribution in [2.45, 2.75) is 32.0 Å². The molecule has 22 heavy (non-hydrogen) atoms. The molecule has 1 aromatic rings. The number of aliphatic hydroxyl groups excluding tert-OH is 1. The highest BCUT2D eigenvalue weighted by molar-refractivity contribution is 6.39. The monoisotopic (exact) mass is 318 g/mol. The molecule has 0 spiro atoms. The summed E-state index contributed by atoms with van der Waals surface area (Å²) in [6.07, 6.45) is -4.12. The van der Waals surface area contributed by atoms with Gasteiger partial charge in [0.25, 0.3) is 0 Å². The molecule has 1 aromatic carbocycles. The summed E-state index contributed by atoms with van der Waals surface area (Å²) in [5.41, 5.74) is -1.06. The average molecular weight is 318 g/mol. The molecule has 0 saturated carbocycles. The fourth-order valence-electron chi connectivity index (χ4n) is 1.69. The lowest BCUT2D eigenvalue weighted by Gasteiger charge is -2.11. The van der Waals surface area contributed by atoms with Gasteiger partial charge in [-0.1, -0.05) is 19.4 Å². The Kier molecular flexibility index (Phi) is 6.36. The number of hydrogen-bond acceptors (Lipinski definition) is 3. The predicted molar refractivity (Wildman–Crippen MR) is 74.0 cm³/mol. The van der Waals surface area contributed by atoms with Crippen LogP contribution in [0.15, 0.2) is 24.3 Å². The molecule has 0 aromatic heterocycles. The van der Waals surface area contributed by atoms with E-state index in [4.69, 9.17) is 0 Å². The van der Waals surface area contributed by atoms with Crippen LogP contribution < -0.4 is 10.6 Å². The Balaban J connectivity index is 2.59. The molecule has 122 valence electrons. The van der Waals surface area contributed by atoms with E-state index < -0.39 is 29.7 Å². The molecule has 1 atom stereocenters. The lowest BCUT2D eigenvalue weighted by atomic mass is 10.2. The zero-order valence-corrected chi connectivity index (χ0v) is 11.9. The third-order valence-electron chi connectivity index (χ3n) is 2.77. The standard InChI is InChI=1S/C14H17F3N2O3/c1-2-4-11(20)8-18-12(21)13(22)19-10-6-3-5-9(7-10)14(15,16)17/h3,5-7,11,20H,2,4,8H2,1H3,(H,18,21)(H,19,22). The first-order valence-electron chi connectivity index (χ1n) is 6.68. The lowest BCUT2D eigenvalue weighted by Crippen LogP contribution is -2.39. The van der Waals surface area contributed by atoms with Crippen molar-refractivity contribution >= 4 is 17.5 Å². The van der Waals surface area contributed by atoms with E-state index in [9.17, 15) is 27.9 Å². The normalized spacial score (nSPS) is 12.6. The van der Waals surface area contributed by atoms with Gasteiger partial charge >= 0.3 is 18.0 Å². The van der Waals surface area contributed by atoms with Crippen molar-refractivity contribution in [2.24, 2.45) is 0 Å². The van der Waals surface area contributed by atoms with Crippen LogP contribution in [0.2, 0.25) is 0 Å². The van der Waals surface area contributed by atoms with Crippen molar-refractivity contribution in [1.82, 2.24) is 5.32 Å². The molecule has 8 heteroatoms. The fraction of sp³-hybridized carbons (Fsp3) is 0.429. The molecule has 3 N–H and O–H groups in total. The number of aliphatic hydroxyl groups is 1. The zero-order chi connectivity index (χ0) is 16.8. The Morgan fingerprint density at radius 3 is 2.55 bits per heavy atom. The summed E-state index contributed by atoms with van der Waals surface area (Å²) in [4.78, 5) is 23.0. The minimum Gasteiger partial charge on any atom is -0.391 e. The number of hydrogen-bond donors (Lipinski definition) is 3. The SMILES string of the molecule is CCCC(O)CNC(=O)C(=O)Nc1cccc(C(F)(F)F)c1. The smallest absolute Gasteiger partial charge is 0.391 e. The quantitative estimate of drug-likeness (QED) is 0.726. The van der Waals surface area contributed by atoms with Crippen molar-refractivity contribution in [2.75, 3.05) is 11.9 Å². The van der Waals surface area contributed by atoms with Gasteiger partial charge in [0.05, 0.1) is 11.7 Å². The van der Waals surface area contributed by atoms with E-state index in [2.05, 4.69) is 10.6 Å². The van der Waals surface area contributed by atoms with Crippen LogP contribution in [-0.2, 0) is 15.8 Å². The highest BCUT2D eigenvalue weighted by atomic mass is 19.4. The Labute approximate surface area is 125 Å². The molecule has 2 amide bonds. The summed E-state index contributed by atoms with van der Waals surface area (Å²) in [6, 6.07) is 3.96. The van der Waals surface area contributed by atoms with Crippen molar-refractivity contribution in [3.05, 3.63) is 29.8 Å². The number of rotatable bonds is 5. The van der Waals surface area contributed by atoms with Crippen molar-refractivity contribution in [3.63, 3.8) is 0 Å². The second kappa shape index (κ2) is 7.79. The fourth-order valence-corrected chi connectivity index (χ4v) is 1.69. The number of benzene rings is 1. The first kappa shape index (κ1) is 18.0. The third kappa shape index (κ3) is 5.72. The summed E-state index contributed by atoms with van der Waals surface area (Å²) in [5, 5.41) is 13.7. The van der Waals surface area contributed by atoms with Gasteiger partial charge in [0, 0.05) is 12.2 Å². The maximum absolute atomic E-state index is 12.5. The van der Waals surface area contributed by atoms with Crippen LogP contribution in [0.25, 0.3) is 0 Å². The molecule has 0 aliphatic rings. The van der Waals surface area contributed by atoms with Gasteiger partial charge in [0.1, 0.15) is 0 Å². The van der Waals surface area contributed by atoms with E-state index in [1.165, 1.54) is 6.07 Å². The molecule has 0 fully saturated rings. The predicted octanol–water partition coefficient (Wildman–Crippen LogP) is 1.92. The van der Waals surface area contributed by atoms with Crippen LogP contribution in [0, 0.1) is 0 Å². The van der Waals surface area contributed by atoms with Crippen LogP contribution in [0.5, 0.6) is 0 Å². The van der Waals surface area contributed by atoms with Gasteiger partial charge in [0.2, 0.25) is 0 Å². The second-order valence-electron chi connectivity index (χ2n) is 4.69. The van der Waals surface area contributed by atoms with Crippen molar-refractivity contribution in [1.29, 1.82) is 0 Å². The van der Waals surface area contributed by atoms with Gasteiger partial charge in [-0.25, -0.2) is 0 Å². The molecule has 0 radical (unpaired) electrons. The molecule has 5 nitrogen and oxygen atoms in total. The van der Waals surface area contributed by atoms with Crippen LogP contribution in [0.3, 0.4) is 0 Å². The van der Waals surface area contributed by atoms with Crippen LogP contribution in [0.4, 0.5) is 18.9 Å². The van der Waals surface area contributed by atoms with Gasteiger partial charge < -0.3 is 15.7 Å². The average Bonchev–Trinajstić information content (AvgIpc) is 2.44. The van der Waals surface area contributed by atoms with E-state index in [1.54, 1.807) is 0 Å². The number of carbonyl (C=O) groups is 2. The molecular formula is C14H17F3N2O3. The van der Waals surface area contributed by atoms with E-state index in [1.807, 2.05) is 6.92 Å². The number of anilines is 1. The number of nitrogens with one attached hydrogen (secondary N) is 2. The Morgan fingerprint density at radius 1 is 1.27 bits per heavy atom. The minimum atomic E-state index is -4.53. The Morgan fingerprint density at radius 2 is 1.95 bits per heavy atom. The summed E-state index contributed by atoms with van der Waals surface area (Å²) >= 11 is 0. The molecule has 0 aliphatic heterocycles. The number of halogens is 3. The van der Waals surface area contributed by atoms with Crippen LogP contribution >= 0.6 is 0 Å². The van der Waals surface area contributed by atoms with E-state index >= 15 is 0 Å². The summed E-state index contributed by atoms with van der Waals surface area (Å²) in [5.74, 6) is -2.12. The summed E-state index contributed by atoms with van der Waals surface area (Å²) in [7, 11) is 0. The van der Waals surface area contributed by atoms with Crippen molar-refractivity contribution in [3.8, 4) is 0 Å². The second-order valence-corrected chi connectivity index (χ2v) is 4.69. The largest absolute Gasteiger partial charge is 0.416 e. The minimum absolute atomic E-state index is 0.0946.